The molecule has 0 spiro atoms. The fourth-order valence-electron chi connectivity index (χ4n) is 2.04. The minimum Gasteiger partial charge on any atom is -0.396 e. The van der Waals surface area contributed by atoms with E-state index in [0.29, 0.717) is 6.61 Å². The van der Waals surface area contributed by atoms with Crippen LogP contribution in [-0.2, 0) is 0 Å². The van der Waals surface area contributed by atoms with Gasteiger partial charge in [0.1, 0.15) is 0 Å². The van der Waals surface area contributed by atoms with E-state index in [2.05, 4.69) is 48.9 Å². The third kappa shape index (κ3) is 3.57. The maximum Gasteiger partial charge on any atom is 0.0431 e. The molecule has 17 heavy (non-hydrogen) atoms. The van der Waals surface area contributed by atoms with Gasteiger partial charge in [-0.15, -0.1) is 0 Å². The van der Waals surface area contributed by atoms with Crippen LogP contribution < -0.4 is 0 Å². The Morgan fingerprint density at radius 2 is 1.71 bits per heavy atom. The average molecular weight is 227 g/mol. The van der Waals surface area contributed by atoms with Gasteiger partial charge in [0.2, 0.25) is 0 Å². The van der Waals surface area contributed by atoms with Gasteiger partial charge in [0, 0.05) is 6.61 Å². The van der Waals surface area contributed by atoms with Crippen LogP contribution in [0.4, 0.5) is 0 Å². The number of hydrogen-bond donors (Lipinski definition) is 1. The lowest BCUT2D eigenvalue weighted by Gasteiger charge is -2.03. The smallest absolute Gasteiger partial charge is 0.0431 e. The van der Waals surface area contributed by atoms with Crippen LogP contribution >= 0.6 is 0 Å². The molecular formula is C16H19O. The number of rotatable bonds is 6. The predicted octanol–water partition coefficient (Wildman–Crippen LogP) is 3.94. The summed E-state index contributed by atoms with van der Waals surface area (Å²) >= 11 is 0. The average Bonchev–Trinajstić information content (AvgIpc) is 2.38. The van der Waals surface area contributed by atoms with Crippen molar-refractivity contribution in [2.45, 2.75) is 25.7 Å². The van der Waals surface area contributed by atoms with Gasteiger partial charge in [0.15, 0.2) is 0 Å². The maximum absolute atomic E-state index is 8.69. The van der Waals surface area contributed by atoms with Gasteiger partial charge >= 0.3 is 0 Å². The Morgan fingerprint density at radius 1 is 0.882 bits per heavy atom. The maximum atomic E-state index is 8.69. The standard InChI is InChI=1S/C16H19O/c17-12-6-2-1-3-7-14-10-11-15-8-4-5-9-16(15)13-14/h4-5,7-11,13,17H,1-3,6,12H2. The fraction of sp³-hybridized carbons (Fsp3) is 0.312. The highest BCUT2D eigenvalue weighted by Crippen LogP contribution is 2.18. The van der Waals surface area contributed by atoms with Gasteiger partial charge in [-0.3, -0.25) is 0 Å². The molecule has 1 N–H and O–H groups in total. The van der Waals surface area contributed by atoms with E-state index in [-0.39, 0.29) is 0 Å². The monoisotopic (exact) mass is 227 g/mol. The molecule has 0 aliphatic carbocycles. The Hall–Kier alpha value is -1.34. The molecule has 1 nitrogen and oxygen atoms in total. The molecule has 2 aromatic carbocycles. The molecular weight excluding hydrogens is 208 g/mol. The molecule has 1 heteroatoms. The largest absolute Gasteiger partial charge is 0.396 e. The predicted molar refractivity (Wildman–Crippen MR) is 72.9 cm³/mol. The molecule has 0 unspecified atom stereocenters. The topological polar surface area (TPSA) is 20.2 Å². The zero-order valence-corrected chi connectivity index (χ0v) is 10.1. The van der Waals surface area contributed by atoms with E-state index in [1.54, 1.807) is 0 Å². The van der Waals surface area contributed by atoms with Crippen molar-refractivity contribution in [3.05, 3.63) is 54.4 Å². The van der Waals surface area contributed by atoms with Crippen molar-refractivity contribution in [1.29, 1.82) is 0 Å². The summed E-state index contributed by atoms with van der Waals surface area (Å²) in [4.78, 5) is 0. The summed E-state index contributed by atoms with van der Waals surface area (Å²) in [7, 11) is 0. The zero-order valence-electron chi connectivity index (χ0n) is 10.1. The third-order valence-electron chi connectivity index (χ3n) is 3.02. The van der Waals surface area contributed by atoms with Crippen molar-refractivity contribution in [3.63, 3.8) is 0 Å². The lowest BCUT2D eigenvalue weighted by atomic mass is 10.0. The summed E-state index contributed by atoms with van der Waals surface area (Å²) in [5.74, 6) is 0. The minimum atomic E-state index is 0.315. The Balaban J connectivity index is 1.90. The van der Waals surface area contributed by atoms with Gasteiger partial charge in [0.05, 0.1) is 0 Å². The summed E-state index contributed by atoms with van der Waals surface area (Å²) in [6.45, 7) is 0.315. The van der Waals surface area contributed by atoms with E-state index >= 15 is 0 Å². The van der Waals surface area contributed by atoms with E-state index in [1.165, 1.54) is 16.3 Å². The Labute approximate surface area is 103 Å². The summed E-state index contributed by atoms with van der Waals surface area (Å²) in [6.07, 6.45) is 6.57. The number of hydrogen-bond acceptors (Lipinski definition) is 1. The molecule has 0 saturated carbocycles. The number of benzene rings is 2. The first kappa shape index (κ1) is 12.1. The highest BCUT2D eigenvalue weighted by molar-refractivity contribution is 5.83. The molecule has 89 valence electrons. The molecule has 0 aliphatic rings. The molecule has 2 rings (SSSR count). The third-order valence-corrected chi connectivity index (χ3v) is 3.02. The van der Waals surface area contributed by atoms with Crippen molar-refractivity contribution >= 4 is 10.8 Å². The first-order valence-corrected chi connectivity index (χ1v) is 6.33. The summed E-state index contributed by atoms with van der Waals surface area (Å²) in [5.41, 5.74) is 1.30. The number of fused-ring (bicyclic) bond motifs is 1. The Kier molecular flexibility index (Phi) is 4.57. The van der Waals surface area contributed by atoms with Crippen molar-refractivity contribution in [3.8, 4) is 0 Å². The second kappa shape index (κ2) is 6.41. The van der Waals surface area contributed by atoms with Gasteiger partial charge in [-0.25, -0.2) is 0 Å². The van der Waals surface area contributed by atoms with Crippen molar-refractivity contribution < 1.29 is 5.11 Å². The van der Waals surface area contributed by atoms with Gasteiger partial charge in [-0.1, -0.05) is 55.3 Å². The van der Waals surface area contributed by atoms with Gasteiger partial charge in [-0.05, 0) is 35.6 Å². The van der Waals surface area contributed by atoms with Crippen molar-refractivity contribution in [1.82, 2.24) is 0 Å². The Bertz CT molecular complexity index is 462. The molecule has 1 radical (unpaired) electrons. The van der Waals surface area contributed by atoms with Crippen LogP contribution in [0.5, 0.6) is 0 Å². The van der Waals surface area contributed by atoms with Crippen LogP contribution in [-0.4, -0.2) is 11.7 Å². The summed E-state index contributed by atoms with van der Waals surface area (Å²) < 4.78 is 0. The quantitative estimate of drug-likeness (QED) is 0.741. The fourth-order valence-corrected chi connectivity index (χ4v) is 2.04. The summed E-state index contributed by atoms with van der Waals surface area (Å²) in [5, 5.41) is 11.3. The molecule has 0 saturated heterocycles. The first-order chi connectivity index (χ1) is 8.40. The van der Waals surface area contributed by atoms with Crippen LogP contribution in [0.2, 0.25) is 0 Å². The lowest BCUT2D eigenvalue weighted by molar-refractivity contribution is 0.283. The molecule has 0 bridgehead atoms. The van der Waals surface area contributed by atoms with E-state index in [1.807, 2.05) is 0 Å². The Morgan fingerprint density at radius 3 is 2.53 bits per heavy atom. The molecule has 2 aromatic rings. The van der Waals surface area contributed by atoms with Crippen LogP contribution in [0, 0.1) is 6.42 Å². The molecule has 0 heterocycles. The van der Waals surface area contributed by atoms with Crippen molar-refractivity contribution in [2.75, 3.05) is 6.61 Å². The highest BCUT2D eigenvalue weighted by atomic mass is 16.2. The second-order valence-electron chi connectivity index (χ2n) is 4.38. The van der Waals surface area contributed by atoms with Gasteiger partial charge in [0.25, 0.3) is 0 Å². The zero-order chi connectivity index (χ0) is 11.9. The second-order valence-corrected chi connectivity index (χ2v) is 4.38. The van der Waals surface area contributed by atoms with Gasteiger partial charge in [-0.2, -0.15) is 0 Å². The van der Waals surface area contributed by atoms with E-state index in [4.69, 9.17) is 5.11 Å². The van der Waals surface area contributed by atoms with E-state index in [9.17, 15) is 0 Å². The summed E-state index contributed by atoms with van der Waals surface area (Å²) in [6, 6.07) is 15.0. The molecule has 0 aliphatic heterocycles. The molecule has 0 atom stereocenters. The van der Waals surface area contributed by atoms with Gasteiger partial charge < -0.3 is 5.11 Å². The van der Waals surface area contributed by atoms with Crippen LogP contribution in [0.15, 0.2) is 42.5 Å². The van der Waals surface area contributed by atoms with Crippen LogP contribution in [0.1, 0.15) is 31.2 Å². The van der Waals surface area contributed by atoms with Crippen molar-refractivity contribution in [2.24, 2.45) is 0 Å². The van der Waals surface area contributed by atoms with Crippen LogP contribution in [0.3, 0.4) is 0 Å². The van der Waals surface area contributed by atoms with E-state index < -0.39 is 0 Å². The SMILES string of the molecule is OCCCCC[CH]c1ccc2ccccc2c1. The molecule has 0 aromatic heterocycles. The minimum absolute atomic E-state index is 0.315. The van der Waals surface area contributed by atoms with E-state index in [0.717, 1.165) is 25.7 Å². The number of aliphatic hydroxyl groups excluding tert-OH is 1. The van der Waals surface area contributed by atoms with Crippen LogP contribution in [0.25, 0.3) is 10.8 Å². The lowest BCUT2D eigenvalue weighted by Crippen LogP contribution is -1.86. The normalized spacial score (nSPS) is 10.9. The number of unbranched alkanes of at least 4 members (excludes halogenated alkanes) is 3. The molecule has 0 amide bonds. The number of aliphatic hydroxyl groups is 1. The highest BCUT2D eigenvalue weighted by Gasteiger charge is 1.97. The molecule has 0 fully saturated rings. The first-order valence-electron chi connectivity index (χ1n) is 6.33.